The van der Waals surface area contributed by atoms with Crippen LogP contribution in [0.4, 0.5) is 5.69 Å². The van der Waals surface area contributed by atoms with Gasteiger partial charge in [-0.2, -0.15) is 0 Å². The molecule has 0 bridgehead atoms. The van der Waals surface area contributed by atoms with E-state index in [1.165, 1.54) is 11.8 Å². The molecule has 4 aromatic rings. The molecule has 8 heteroatoms. The van der Waals surface area contributed by atoms with Crippen molar-refractivity contribution in [1.82, 2.24) is 9.55 Å². The van der Waals surface area contributed by atoms with Crippen molar-refractivity contribution in [3.05, 3.63) is 87.7 Å². The van der Waals surface area contributed by atoms with Crippen molar-refractivity contribution in [2.24, 2.45) is 0 Å². The average Bonchev–Trinajstić information content (AvgIpc) is 2.85. The molecular weight excluding hydrogens is 462 g/mol. The standard InChI is InChI=1S/C27H23N3O4S/c1-15-8-9-16(2)22(12-15)30-26(33)19-6-4-5-7-20(19)29-27(30)35-17(3)25(32)18-10-11-23-21(13-18)28-24(31)14-34-23/h4-13,17H,14H2,1-3H3,(H,28,31). The number of fused-ring (bicyclic) bond motifs is 2. The first-order valence-corrected chi connectivity index (χ1v) is 12.1. The maximum absolute atomic E-state index is 13.6. The summed E-state index contributed by atoms with van der Waals surface area (Å²) in [6.45, 7) is 5.66. The van der Waals surface area contributed by atoms with Crippen LogP contribution < -0.4 is 15.6 Å². The maximum atomic E-state index is 13.6. The number of benzene rings is 3. The van der Waals surface area contributed by atoms with Gasteiger partial charge in [0.05, 0.1) is 27.5 Å². The lowest BCUT2D eigenvalue weighted by atomic mass is 10.1. The third-order valence-corrected chi connectivity index (χ3v) is 6.95. The third-order valence-electron chi connectivity index (χ3n) is 5.90. The third kappa shape index (κ3) is 4.33. The number of thioether (sulfide) groups is 1. The molecule has 0 spiro atoms. The quantitative estimate of drug-likeness (QED) is 0.250. The fourth-order valence-electron chi connectivity index (χ4n) is 4.05. The molecule has 35 heavy (non-hydrogen) atoms. The van der Waals surface area contributed by atoms with Gasteiger partial charge in [-0.25, -0.2) is 4.98 Å². The van der Waals surface area contributed by atoms with E-state index < -0.39 is 5.25 Å². The molecule has 0 saturated heterocycles. The van der Waals surface area contributed by atoms with Crippen LogP contribution in [0.2, 0.25) is 0 Å². The van der Waals surface area contributed by atoms with Gasteiger partial charge in [0.25, 0.3) is 11.5 Å². The summed E-state index contributed by atoms with van der Waals surface area (Å²) in [6.07, 6.45) is 0. The molecule has 1 amide bonds. The molecule has 2 heterocycles. The Morgan fingerprint density at radius 2 is 1.89 bits per heavy atom. The Hall–Kier alpha value is -3.91. The van der Waals surface area contributed by atoms with Gasteiger partial charge in [-0.15, -0.1) is 0 Å². The van der Waals surface area contributed by atoms with E-state index in [0.29, 0.717) is 33.1 Å². The Kier molecular flexibility index (Phi) is 5.90. The van der Waals surface area contributed by atoms with Crippen LogP contribution in [0.1, 0.15) is 28.4 Å². The number of aromatic nitrogens is 2. The number of amides is 1. The van der Waals surface area contributed by atoms with E-state index in [2.05, 4.69) is 5.32 Å². The van der Waals surface area contributed by atoms with E-state index in [1.54, 1.807) is 41.8 Å². The number of ketones is 1. The highest BCUT2D eigenvalue weighted by atomic mass is 32.2. The number of rotatable bonds is 5. The molecule has 1 aromatic heterocycles. The van der Waals surface area contributed by atoms with E-state index in [0.717, 1.165) is 16.8 Å². The van der Waals surface area contributed by atoms with Crippen LogP contribution in [0.3, 0.4) is 0 Å². The predicted molar refractivity (Wildman–Crippen MR) is 137 cm³/mol. The van der Waals surface area contributed by atoms with Crippen molar-refractivity contribution >= 4 is 40.0 Å². The van der Waals surface area contributed by atoms with Gasteiger partial charge in [0.1, 0.15) is 5.75 Å². The molecule has 0 fully saturated rings. The summed E-state index contributed by atoms with van der Waals surface area (Å²) >= 11 is 1.23. The lowest BCUT2D eigenvalue weighted by molar-refractivity contribution is -0.118. The number of Topliss-reactive ketones (excluding diaryl/α,β-unsaturated/α-hetero) is 1. The van der Waals surface area contributed by atoms with Crippen molar-refractivity contribution in [3.8, 4) is 11.4 Å². The Balaban J connectivity index is 1.56. The van der Waals surface area contributed by atoms with Crippen molar-refractivity contribution in [1.29, 1.82) is 0 Å². The lowest BCUT2D eigenvalue weighted by Crippen LogP contribution is -2.26. The summed E-state index contributed by atoms with van der Waals surface area (Å²) in [4.78, 5) is 43.4. The second-order valence-electron chi connectivity index (χ2n) is 8.51. The van der Waals surface area contributed by atoms with Crippen molar-refractivity contribution in [2.75, 3.05) is 11.9 Å². The van der Waals surface area contributed by atoms with Crippen molar-refractivity contribution in [2.45, 2.75) is 31.2 Å². The first-order chi connectivity index (χ1) is 16.8. The number of carbonyl (C=O) groups excluding carboxylic acids is 2. The van der Waals surface area contributed by atoms with Crippen LogP contribution in [0.5, 0.6) is 5.75 Å². The van der Waals surface area contributed by atoms with Gasteiger partial charge in [0.15, 0.2) is 17.5 Å². The predicted octanol–water partition coefficient (Wildman–Crippen LogP) is 4.70. The molecule has 1 aliphatic heterocycles. The summed E-state index contributed by atoms with van der Waals surface area (Å²) in [5.41, 5.74) is 4.00. The minimum atomic E-state index is -0.544. The van der Waals surface area contributed by atoms with Gasteiger partial charge in [-0.05, 0) is 68.3 Å². The monoisotopic (exact) mass is 485 g/mol. The summed E-state index contributed by atoms with van der Waals surface area (Å²) in [7, 11) is 0. The molecule has 1 unspecified atom stereocenters. The number of nitrogens with zero attached hydrogens (tertiary/aromatic N) is 2. The van der Waals surface area contributed by atoms with Gasteiger partial charge < -0.3 is 10.1 Å². The SMILES string of the molecule is Cc1ccc(C)c(-n2c(SC(C)C(=O)c3ccc4c(c3)NC(=O)CO4)nc3ccccc3c2=O)c1. The van der Waals surface area contributed by atoms with Gasteiger partial charge in [-0.1, -0.05) is 36.0 Å². The second-order valence-corrected chi connectivity index (χ2v) is 9.82. The molecule has 1 aliphatic rings. The zero-order chi connectivity index (χ0) is 24.7. The minimum absolute atomic E-state index is 0.0455. The van der Waals surface area contributed by atoms with Crippen LogP contribution in [0, 0.1) is 13.8 Å². The topological polar surface area (TPSA) is 90.3 Å². The summed E-state index contributed by atoms with van der Waals surface area (Å²) in [5, 5.41) is 3.15. The van der Waals surface area contributed by atoms with Crippen LogP contribution in [-0.2, 0) is 4.79 Å². The molecule has 176 valence electrons. The van der Waals surface area contributed by atoms with E-state index in [1.807, 2.05) is 44.2 Å². The Labute approximate surface area is 206 Å². The van der Waals surface area contributed by atoms with Gasteiger partial charge >= 0.3 is 0 Å². The zero-order valence-electron chi connectivity index (χ0n) is 19.5. The number of ether oxygens (including phenoxy) is 1. The average molecular weight is 486 g/mol. The molecule has 0 radical (unpaired) electrons. The first kappa shape index (κ1) is 22.9. The van der Waals surface area contributed by atoms with E-state index in [-0.39, 0.29) is 23.9 Å². The Morgan fingerprint density at radius 1 is 1.09 bits per heavy atom. The number of anilines is 1. The minimum Gasteiger partial charge on any atom is -0.482 e. The molecule has 0 aliphatic carbocycles. The van der Waals surface area contributed by atoms with Crippen LogP contribution in [-0.4, -0.2) is 33.1 Å². The smallest absolute Gasteiger partial charge is 0.266 e. The second kappa shape index (κ2) is 9.03. The molecular formula is C27H23N3O4S. The number of hydrogen-bond acceptors (Lipinski definition) is 6. The van der Waals surface area contributed by atoms with Crippen LogP contribution >= 0.6 is 11.8 Å². The number of hydrogen-bond donors (Lipinski definition) is 1. The zero-order valence-corrected chi connectivity index (χ0v) is 20.3. The molecule has 5 rings (SSSR count). The molecule has 1 N–H and O–H groups in total. The highest BCUT2D eigenvalue weighted by Gasteiger charge is 2.24. The van der Waals surface area contributed by atoms with Gasteiger partial charge in [-0.3, -0.25) is 19.0 Å². The molecule has 3 aromatic carbocycles. The highest BCUT2D eigenvalue weighted by molar-refractivity contribution is 8.00. The van der Waals surface area contributed by atoms with Gasteiger partial charge in [0, 0.05) is 5.56 Å². The van der Waals surface area contributed by atoms with E-state index in [9.17, 15) is 14.4 Å². The van der Waals surface area contributed by atoms with E-state index >= 15 is 0 Å². The van der Waals surface area contributed by atoms with Crippen LogP contribution in [0.25, 0.3) is 16.6 Å². The fraction of sp³-hybridized carbons (Fsp3) is 0.185. The van der Waals surface area contributed by atoms with Crippen LogP contribution in [0.15, 0.2) is 70.6 Å². The number of carbonyl (C=O) groups is 2. The first-order valence-electron chi connectivity index (χ1n) is 11.2. The Morgan fingerprint density at radius 3 is 2.71 bits per heavy atom. The fourth-order valence-corrected chi connectivity index (χ4v) is 5.04. The highest BCUT2D eigenvalue weighted by Crippen LogP contribution is 2.32. The number of aryl methyl sites for hydroxylation is 2. The van der Waals surface area contributed by atoms with Crippen molar-refractivity contribution < 1.29 is 14.3 Å². The number of para-hydroxylation sites is 1. The summed E-state index contributed by atoms with van der Waals surface area (Å²) in [5.74, 6) is 0.122. The summed E-state index contributed by atoms with van der Waals surface area (Å²) < 4.78 is 6.99. The number of nitrogens with one attached hydrogen (secondary N) is 1. The molecule has 7 nitrogen and oxygen atoms in total. The molecule has 0 saturated carbocycles. The Bertz CT molecular complexity index is 1560. The largest absolute Gasteiger partial charge is 0.482 e. The van der Waals surface area contributed by atoms with Gasteiger partial charge in [0.2, 0.25) is 0 Å². The lowest BCUT2D eigenvalue weighted by Gasteiger charge is -2.20. The summed E-state index contributed by atoms with van der Waals surface area (Å²) in [6, 6.07) is 18.1. The maximum Gasteiger partial charge on any atom is 0.266 e. The molecule has 1 atom stereocenters. The van der Waals surface area contributed by atoms with Crippen molar-refractivity contribution in [3.63, 3.8) is 0 Å². The van der Waals surface area contributed by atoms with E-state index in [4.69, 9.17) is 9.72 Å². The normalized spacial score (nSPS) is 13.6.